The Labute approximate surface area is 120 Å². The van der Waals surface area contributed by atoms with Gasteiger partial charge in [-0.2, -0.15) is 5.26 Å². The van der Waals surface area contributed by atoms with Crippen LogP contribution in [0, 0.1) is 17.2 Å². The van der Waals surface area contributed by atoms with Gasteiger partial charge in [-0.05, 0) is 43.9 Å². The van der Waals surface area contributed by atoms with E-state index >= 15 is 0 Å². The van der Waals surface area contributed by atoms with Gasteiger partial charge in [0, 0.05) is 10.5 Å². The highest BCUT2D eigenvalue weighted by Gasteiger charge is 2.26. The summed E-state index contributed by atoms with van der Waals surface area (Å²) in [7, 11) is 0. The van der Waals surface area contributed by atoms with Crippen LogP contribution in [-0.2, 0) is 4.79 Å². The average molecular weight is 323 g/mol. The Morgan fingerprint density at radius 2 is 2.05 bits per heavy atom. The maximum atomic E-state index is 10.9. The van der Waals surface area contributed by atoms with E-state index in [1.165, 1.54) is 0 Å². The van der Waals surface area contributed by atoms with Crippen LogP contribution in [0.4, 0.5) is 5.69 Å². The summed E-state index contributed by atoms with van der Waals surface area (Å²) in [5, 5.41) is 21.4. The predicted molar refractivity (Wildman–Crippen MR) is 75.9 cm³/mol. The number of nitrogens with one attached hydrogen (secondary N) is 1. The first-order valence-electron chi connectivity index (χ1n) is 6.29. The van der Waals surface area contributed by atoms with Crippen LogP contribution in [0.3, 0.4) is 0 Å². The fraction of sp³-hybridized carbons (Fsp3) is 0.429. The summed E-state index contributed by atoms with van der Waals surface area (Å²) in [6.45, 7) is 0. The number of carboxylic acid groups (broad SMARTS) is 1. The summed E-state index contributed by atoms with van der Waals surface area (Å²) in [5.41, 5.74) is 1.43. The first-order chi connectivity index (χ1) is 9.10. The van der Waals surface area contributed by atoms with Gasteiger partial charge < -0.3 is 10.4 Å². The fourth-order valence-corrected chi connectivity index (χ4v) is 2.80. The first-order valence-corrected chi connectivity index (χ1v) is 7.08. The van der Waals surface area contributed by atoms with Gasteiger partial charge >= 0.3 is 5.97 Å². The van der Waals surface area contributed by atoms with Gasteiger partial charge in [-0.25, -0.2) is 0 Å². The third-order valence-corrected chi connectivity index (χ3v) is 4.03. The molecule has 0 bridgehead atoms. The molecule has 4 nitrogen and oxygen atoms in total. The summed E-state index contributed by atoms with van der Waals surface area (Å²) in [6.07, 6.45) is 3.05. The van der Waals surface area contributed by atoms with E-state index in [2.05, 4.69) is 27.3 Å². The minimum absolute atomic E-state index is 0.212. The number of aliphatic carboxylic acids is 1. The summed E-state index contributed by atoms with van der Waals surface area (Å²) >= 11 is 3.39. The number of nitriles is 1. The molecule has 5 heteroatoms. The zero-order chi connectivity index (χ0) is 13.8. The van der Waals surface area contributed by atoms with Crippen molar-refractivity contribution in [3.8, 4) is 6.07 Å². The Kier molecular flexibility index (Phi) is 4.43. The summed E-state index contributed by atoms with van der Waals surface area (Å²) in [5.74, 6) is -0.908. The van der Waals surface area contributed by atoms with Crippen molar-refractivity contribution in [1.29, 1.82) is 5.26 Å². The Morgan fingerprint density at radius 1 is 1.37 bits per heavy atom. The van der Waals surface area contributed by atoms with E-state index in [0.29, 0.717) is 18.4 Å². The minimum atomic E-state index is -0.696. The van der Waals surface area contributed by atoms with Crippen LogP contribution in [0.1, 0.15) is 31.2 Å². The third-order valence-electron chi connectivity index (χ3n) is 3.54. The quantitative estimate of drug-likeness (QED) is 0.894. The number of benzene rings is 1. The number of anilines is 1. The second-order valence-corrected chi connectivity index (χ2v) is 5.75. The second-order valence-electron chi connectivity index (χ2n) is 4.83. The van der Waals surface area contributed by atoms with Crippen molar-refractivity contribution in [3.63, 3.8) is 0 Å². The SMILES string of the molecule is N#Cc1ccc(Br)cc1NC1CCC(C(=O)O)CC1. The number of carboxylic acids is 1. The molecule has 100 valence electrons. The van der Waals surface area contributed by atoms with Crippen LogP contribution in [0.2, 0.25) is 0 Å². The molecule has 1 saturated carbocycles. The topological polar surface area (TPSA) is 73.1 Å². The van der Waals surface area contributed by atoms with Gasteiger partial charge in [0.1, 0.15) is 6.07 Å². The Hall–Kier alpha value is -1.54. The Morgan fingerprint density at radius 3 is 2.63 bits per heavy atom. The lowest BCUT2D eigenvalue weighted by Gasteiger charge is -2.28. The molecule has 0 amide bonds. The molecule has 0 atom stereocenters. The van der Waals surface area contributed by atoms with Gasteiger partial charge in [0.05, 0.1) is 17.2 Å². The summed E-state index contributed by atoms with van der Waals surface area (Å²) in [4.78, 5) is 10.9. The van der Waals surface area contributed by atoms with Gasteiger partial charge in [0.25, 0.3) is 0 Å². The lowest BCUT2D eigenvalue weighted by atomic mass is 9.86. The zero-order valence-electron chi connectivity index (χ0n) is 10.4. The zero-order valence-corrected chi connectivity index (χ0v) is 12.0. The second kappa shape index (κ2) is 6.07. The number of carbonyl (C=O) groups is 1. The van der Waals surface area contributed by atoms with Gasteiger partial charge in [-0.3, -0.25) is 4.79 Å². The van der Waals surface area contributed by atoms with E-state index in [1.807, 2.05) is 12.1 Å². The molecular formula is C14H15BrN2O2. The molecule has 1 aliphatic carbocycles. The molecule has 0 aliphatic heterocycles. The first kappa shape index (κ1) is 13.9. The van der Waals surface area contributed by atoms with Crippen molar-refractivity contribution in [2.24, 2.45) is 5.92 Å². The van der Waals surface area contributed by atoms with Gasteiger partial charge in [0.2, 0.25) is 0 Å². The lowest BCUT2D eigenvalue weighted by Crippen LogP contribution is -2.29. The number of rotatable bonds is 3. The van der Waals surface area contributed by atoms with Crippen LogP contribution < -0.4 is 5.32 Å². The molecule has 1 fully saturated rings. The van der Waals surface area contributed by atoms with Crippen LogP contribution in [0.15, 0.2) is 22.7 Å². The van der Waals surface area contributed by atoms with E-state index < -0.39 is 5.97 Å². The summed E-state index contributed by atoms with van der Waals surface area (Å²) < 4.78 is 0.924. The van der Waals surface area contributed by atoms with Gasteiger partial charge in [-0.15, -0.1) is 0 Å². The number of halogens is 1. The van der Waals surface area contributed by atoms with E-state index in [9.17, 15) is 4.79 Å². The minimum Gasteiger partial charge on any atom is -0.481 e. The Bertz CT molecular complexity index is 517. The molecule has 0 radical (unpaired) electrons. The van der Waals surface area contributed by atoms with E-state index in [4.69, 9.17) is 10.4 Å². The summed E-state index contributed by atoms with van der Waals surface area (Å²) in [6, 6.07) is 7.91. The predicted octanol–water partition coefficient (Wildman–Crippen LogP) is 3.38. The van der Waals surface area contributed by atoms with Crippen LogP contribution in [0.5, 0.6) is 0 Å². The molecule has 0 aromatic heterocycles. The van der Waals surface area contributed by atoms with Crippen molar-refractivity contribution in [2.45, 2.75) is 31.7 Å². The van der Waals surface area contributed by atoms with E-state index in [0.717, 1.165) is 23.0 Å². The standard InChI is InChI=1S/C14H15BrN2O2/c15-11-4-1-10(8-16)13(7-11)17-12-5-2-9(3-6-12)14(18)19/h1,4,7,9,12,17H,2-3,5-6H2,(H,18,19). The molecule has 1 aromatic carbocycles. The van der Waals surface area contributed by atoms with E-state index in [1.54, 1.807) is 6.07 Å². The van der Waals surface area contributed by atoms with Crippen molar-refractivity contribution >= 4 is 27.6 Å². The normalized spacial score (nSPS) is 22.5. The molecule has 0 heterocycles. The van der Waals surface area contributed by atoms with Crippen LogP contribution in [-0.4, -0.2) is 17.1 Å². The maximum absolute atomic E-state index is 10.9. The van der Waals surface area contributed by atoms with Gasteiger partial charge in [0.15, 0.2) is 0 Å². The molecule has 0 unspecified atom stereocenters. The fourth-order valence-electron chi connectivity index (χ4n) is 2.44. The van der Waals surface area contributed by atoms with Crippen molar-refractivity contribution in [3.05, 3.63) is 28.2 Å². The molecule has 2 N–H and O–H groups in total. The number of hydrogen-bond donors (Lipinski definition) is 2. The molecule has 19 heavy (non-hydrogen) atoms. The number of hydrogen-bond acceptors (Lipinski definition) is 3. The lowest BCUT2D eigenvalue weighted by molar-refractivity contribution is -0.142. The van der Waals surface area contributed by atoms with Crippen molar-refractivity contribution in [2.75, 3.05) is 5.32 Å². The van der Waals surface area contributed by atoms with Crippen molar-refractivity contribution < 1.29 is 9.90 Å². The van der Waals surface area contributed by atoms with Gasteiger partial charge in [-0.1, -0.05) is 15.9 Å². The average Bonchev–Trinajstić information content (AvgIpc) is 2.39. The van der Waals surface area contributed by atoms with Crippen LogP contribution in [0.25, 0.3) is 0 Å². The maximum Gasteiger partial charge on any atom is 0.306 e. The smallest absolute Gasteiger partial charge is 0.306 e. The highest BCUT2D eigenvalue weighted by Crippen LogP contribution is 2.29. The molecule has 1 aliphatic rings. The Balaban J connectivity index is 2.01. The highest BCUT2D eigenvalue weighted by atomic mass is 79.9. The largest absolute Gasteiger partial charge is 0.481 e. The highest BCUT2D eigenvalue weighted by molar-refractivity contribution is 9.10. The molecule has 1 aromatic rings. The molecular weight excluding hydrogens is 308 g/mol. The van der Waals surface area contributed by atoms with E-state index in [-0.39, 0.29) is 12.0 Å². The van der Waals surface area contributed by atoms with Crippen molar-refractivity contribution in [1.82, 2.24) is 0 Å². The molecule has 0 spiro atoms. The molecule has 2 rings (SSSR count). The monoisotopic (exact) mass is 322 g/mol. The van der Waals surface area contributed by atoms with Crippen LogP contribution >= 0.6 is 15.9 Å². The third kappa shape index (κ3) is 3.48. The molecule has 0 saturated heterocycles. The number of nitrogens with zero attached hydrogens (tertiary/aromatic N) is 1.